The molecule has 322 valence electrons. The summed E-state index contributed by atoms with van der Waals surface area (Å²) in [5.74, 6) is -7.90. The number of aliphatic carboxylic acids is 1. The number of aliphatic hydroxyl groups excluding tert-OH is 2. The van der Waals surface area contributed by atoms with Crippen LogP contribution in [0.25, 0.3) is 0 Å². The Balaban J connectivity index is 1.93. The van der Waals surface area contributed by atoms with E-state index in [0.29, 0.717) is 12.0 Å². The van der Waals surface area contributed by atoms with Crippen molar-refractivity contribution in [1.29, 1.82) is 0 Å². The molecule has 0 unspecified atom stereocenters. The highest BCUT2D eigenvalue weighted by Gasteiger charge is 2.53. The molecule has 14 atom stereocenters. The maximum absolute atomic E-state index is 13.7. The maximum Gasteiger partial charge on any atom is 0.373 e. The van der Waals surface area contributed by atoms with Crippen LogP contribution in [0.4, 0.5) is 0 Å². The second-order valence-electron chi connectivity index (χ2n) is 16.4. The zero-order chi connectivity index (χ0) is 42.9. The monoisotopic (exact) mass is 823 g/mol. The van der Waals surface area contributed by atoms with Crippen LogP contribution in [0.15, 0.2) is 47.3 Å². The van der Waals surface area contributed by atoms with Crippen LogP contribution in [0.2, 0.25) is 0 Å². The van der Waals surface area contributed by atoms with Crippen molar-refractivity contribution in [3.63, 3.8) is 0 Å². The van der Waals surface area contributed by atoms with Crippen molar-refractivity contribution < 1.29 is 63.3 Å². The van der Waals surface area contributed by atoms with Crippen molar-refractivity contribution >= 4 is 35.6 Å². The number of allylic oxidation sites excluding steroid dienone is 5. The fourth-order valence-electron chi connectivity index (χ4n) is 7.92. The van der Waals surface area contributed by atoms with Crippen LogP contribution in [-0.2, 0) is 42.9 Å². The summed E-state index contributed by atoms with van der Waals surface area (Å²) in [5, 5.41) is 46.1. The normalized spacial score (nSPS) is 35.1. The van der Waals surface area contributed by atoms with E-state index in [2.05, 4.69) is 5.32 Å². The number of rotatable bonds is 11. The highest BCUT2D eigenvalue weighted by molar-refractivity contribution is 8.00. The second kappa shape index (κ2) is 21.2. The van der Waals surface area contributed by atoms with Crippen molar-refractivity contribution in [1.82, 2.24) is 5.32 Å². The first-order valence-corrected chi connectivity index (χ1v) is 20.8. The number of carbonyl (C=O) groups excluding carboxylic acids is 3. The van der Waals surface area contributed by atoms with E-state index in [1.165, 1.54) is 20.3 Å². The molecule has 3 heterocycles. The number of hydrogen-bond acceptors (Lipinski definition) is 13. The highest BCUT2D eigenvalue weighted by atomic mass is 32.2. The molecule has 0 aliphatic carbocycles. The summed E-state index contributed by atoms with van der Waals surface area (Å²) < 4.78 is 29.7. The van der Waals surface area contributed by atoms with E-state index in [0.717, 1.165) is 17.3 Å². The van der Waals surface area contributed by atoms with Crippen LogP contribution < -0.4 is 5.32 Å². The third kappa shape index (κ3) is 12.6. The quantitative estimate of drug-likeness (QED) is 0.184. The van der Waals surface area contributed by atoms with Gasteiger partial charge in [-0.3, -0.25) is 9.59 Å². The number of esters is 2. The first-order chi connectivity index (χ1) is 26.6. The largest absolute Gasteiger partial charge is 0.490 e. The minimum absolute atomic E-state index is 0.0553. The van der Waals surface area contributed by atoms with Crippen LogP contribution in [-0.4, -0.2) is 118 Å². The van der Waals surface area contributed by atoms with E-state index in [1.54, 1.807) is 32.9 Å². The third-order valence-corrected chi connectivity index (χ3v) is 12.8. The Labute approximate surface area is 341 Å². The molecule has 2 saturated heterocycles. The van der Waals surface area contributed by atoms with Crippen molar-refractivity contribution in [2.45, 2.75) is 135 Å². The summed E-state index contributed by atoms with van der Waals surface area (Å²) in [5.41, 5.74) is 1.69. The molecule has 3 aliphatic rings. The van der Waals surface area contributed by atoms with Gasteiger partial charge in [0.05, 0.1) is 37.1 Å². The lowest BCUT2D eigenvalue weighted by Crippen LogP contribution is -2.60. The Morgan fingerprint density at radius 2 is 1.75 bits per heavy atom. The van der Waals surface area contributed by atoms with Gasteiger partial charge in [0, 0.05) is 43.0 Å². The molecular weight excluding hydrogens is 759 g/mol. The van der Waals surface area contributed by atoms with Crippen molar-refractivity contribution in [3.05, 3.63) is 47.3 Å². The van der Waals surface area contributed by atoms with Gasteiger partial charge in [-0.15, -0.1) is 11.8 Å². The predicted octanol–water partition coefficient (Wildman–Crippen LogP) is 4.32. The summed E-state index contributed by atoms with van der Waals surface area (Å²) in [7, 11) is 2.80. The van der Waals surface area contributed by atoms with Gasteiger partial charge < -0.3 is 49.4 Å². The molecule has 0 aromatic rings. The van der Waals surface area contributed by atoms with Gasteiger partial charge in [0.2, 0.25) is 11.7 Å². The van der Waals surface area contributed by atoms with E-state index in [4.69, 9.17) is 23.7 Å². The molecule has 3 aliphatic heterocycles. The number of ether oxygens (including phenoxy) is 5. The van der Waals surface area contributed by atoms with E-state index in [1.807, 2.05) is 53.7 Å². The summed E-state index contributed by atoms with van der Waals surface area (Å²) in [6.07, 6.45) is 3.53. The standard InChI is InChI=1S/C42H65NO13S/c1-21(2)37-26(7)32(54-34(44)18-33-39(47)43-29(20-57-33)40(48)49)19-42(51,56-37)28(9)36(46)27(8)38-30(52-10)14-12-13-22(3)15-24(5)35(45)25(6)16-23(4)17-31(53-11)41(50)55-38/h12-14,16-17,21,24-30,32-33,35-38,45-46,51H,15,18-20H2,1-11H3,(H,43,47)(H,48,49)/t24-,25+,26-,27-,28-,29-,30-,32+,33-,35-,36+,37+,38+,42+/m0/s1. The molecule has 15 heteroatoms. The number of carboxylic acids is 1. The number of carbonyl (C=O) groups is 4. The van der Waals surface area contributed by atoms with E-state index < -0.39 is 89.4 Å². The molecule has 0 bridgehead atoms. The average Bonchev–Trinajstić information content (AvgIpc) is 3.14. The summed E-state index contributed by atoms with van der Waals surface area (Å²) >= 11 is 1.07. The smallest absolute Gasteiger partial charge is 0.373 e. The van der Waals surface area contributed by atoms with Gasteiger partial charge in [-0.2, -0.15) is 0 Å². The predicted molar refractivity (Wildman–Crippen MR) is 214 cm³/mol. The molecule has 3 rings (SSSR count). The molecule has 2 fully saturated rings. The fraction of sp³-hybridized carbons (Fsp3) is 0.714. The third-order valence-electron chi connectivity index (χ3n) is 11.5. The van der Waals surface area contributed by atoms with Crippen LogP contribution in [0.1, 0.15) is 81.6 Å². The first-order valence-electron chi connectivity index (χ1n) is 19.8. The van der Waals surface area contributed by atoms with Gasteiger partial charge in [0.15, 0.2) is 5.79 Å². The summed E-state index contributed by atoms with van der Waals surface area (Å²) in [4.78, 5) is 50.9. The molecule has 5 N–H and O–H groups in total. The fourth-order valence-corrected chi connectivity index (χ4v) is 9.04. The average molecular weight is 824 g/mol. The van der Waals surface area contributed by atoms with E-state index in [-0.39, 0.29) is 48.0 Å². The number of methoxy groups -OCH3 is 2. The highest BCUT2D eigenvalue weighted by Crippen LogP contribution is 2.43. The number of aliphatic hydroxyl groups is 3. The first kappa shape index (κ1) is 48.2. The molecule has 57 heavy (non-hydrogen) atoms. The Kier molecular flexibility index (Phi) is 17.9. The number of nitrogens with one attached hydrogen (secondary N) is 1. The van der Waals surface area contributed by atoms with Gasteiger partial charge in [-0.1, -0.05) is 83.9 Å². The van der Waals surface area contributed by atoms with Gasteiger partial charge in [-0.25, -0.2) is 9.59 Å². The number of thioether (sulfide) groups is 1. The van der Waals surface area contributed by atoms with E-state index in [9.17, 15) is 39.6 Å². The van der Waals surface area contributed by atoms with Gasteiger partial charge >= 0.3 is 17.9 Å². The zero-order valence-electron chi connectivity index (χ0n) is 35.2. The summed E-state index contributed by atoms with van der Waals surface area (Å²) in [6, 6.07) is -1.04. The van der Waals surface area contributed by atoms with Crippen molar-refractivity contribution in [2.24, 2.45) is 35.5 Å². The Bertz CT molecular complexity index is 1540. The van der Waals surface area contributed by atoms with E-state index >= 15 is 0 Å². The molecular formula is C42H65NO13S. The number of amides is 1. The lowest BCUT2D eigenvalue weighted by Gasteiger charge is -2.50. The van der Waals surface area contributed by atoms with Crippen molar-refractivity contribution in [2.75, 3.05) is 20.0 Å². The molecule has 0 aromatic heterocycles. The van der Waals surface area contributed by atoms with Crippen LogP contribution in [0, 0.1) is 35.5 Å². The lowest BCUT2D eigenvalue weighted by molar-refractivity contribution is -0.329. The molecule has 0 aromatic carbocycles. The Morgan fingerprint density at radius 1 is 1.09 bits per heavy atom. The van der Waals surface area contributed by atoms with Crippen LogP contribution in [0.5, 0.6) is 0 Å². The Hall–Kier alpha value is -3.21. The molecule has 0 saturated carbocycles. The van der Waals surface area contributed by atoms with Gasteiger partial charge in [0.1, 0.15) is 24.4 Å². The van der Waals surface area contributed by atoms with Crippen LogP contribution in [0.3, 0.4) is 0 Å². The second-order valence-corrected chi connectivity index (χ2v) is 17.7. The molecule has 0 radical (unpaired) electrons. The lowest BCUT2D eigenvalue weighted by atomic mass is 9.76. The van der Waals surface area contributed by atoms with Crippen LogP contribution >= 0.6 is 11.8 Å². The molecule has 1 amide bonds. The maximum atomic E-state index is 13.7. The summed E-state index contributed by atoms with van der Waals surface area (Å²) in [6.45, 7) is 16.6. The molecule has 0 spiro atoms. The van der Waals surface area contributed by atoms with Crippen molar-refractivity contribution in [3.8, 4) is 0 Å². The Morgan fingerprint density at radius 3 is 2.33 bits per heavy atom. The zero-order valence-corrected chi connectivity index (χ0v) is 36.0. The van der Waals surface area contributed by atoms with Gasteiger partial charge in [0.25, 0.3) is 0 Å². The minimum atomic E-state index is -2.01. The molecule has 14 nitrogen and oxygen atoms in total. The number of carboxylic acid groups (broad SMARTS) is 1. The SMILES string of the molecule is COC1=CC(C)=C[C@@H](C)[C@@H](O)[C@@H](C)CC(C)=CC=C[C@H](OC)[C@@H]([C@@H](C)[C@@H](O)[C@H](C)[C@@]2(O)C[C@@H](OC(=O)C[C@@H]3SC[C@@H](C(=O)O)NC3=O)[C@H](C)[C@@H](C(C)C)O2)OC1=O. The number of hydrogen-bond donors (Lipinski definition) is 5. The number of cyclic esters (lactones) is 1. The minimum Gasteiger partial charge on any atom is -0.490 e. The topological polar surface area (TPSA) is 207 Å². The van der Waals surface area contributed by atoms with Gasteiger partial charge in [-0.05, 0) is 38.2 Å².